The van der Waals surface area contributed by atoms with Crippen molar-refractivity contribution in [3.8, 4) is 0 Å². The monoisotopic (exact) mass is 328 g/mol. The fraction of sp³-hybridized carbons (Fsp3) is 0.800. The van der Waals surface area contributed by atoms with E-state index < -0.39 is 8.32 Å². The van der Waals surface area contributed by atoms with E-state index in [1.165, 1.54) is 4.88 Å². The molecule has 0 radical (unpaired) electrons. The first-order valence-electron chi connectivity index (χ1n) is 7.64. The second-order valence-electron chi connectivity index (χ2n) is 7.15. The lowest BCUT2D eigenvalue weighted by atomic mass is 10.2. The van der Waals surface area contributed by atoms with Crippen LogP contribution in [-0.4, -0.2) is 39.6 Å². The van der Waals surface area contributed by atoms with Gasteiger partial charge in [0.1, 0.15) is 0 Å². The van der Waals surface area contributed by atoms with Crippen LogP contribution in [-0.2, 0) is 15.8 Å². The van der Waals surface area contributed by atoms with Gasteiger partial charge in [-0.2, -0.15) is 0 Å². The molecule has 2 rings (SSSR count). The molecule has 0 saturated carbocycles. The first kappa shape index (κ1) is 16.9. The number of anilines is 1. The van der Waals surface area contributed by atoms with Crippen molar-refractivity contribution in [2.75, 3.05) is 31.2 Å². The Morgan fingerprint density at radius 3 is 2.48 bits per heavy atom. The number of hydrogen-bond acceptors (Lipinski definition) is 5. The van der Waals surface area contributed by atoms with Crippen molar-refractivity contribution in [2.45, 2.75) is 52.4 Å². The molecule has 120 valence electrons. The molecule has 0 bridgehead atoms. The highest BCUT2D eigenvalue weighted by molar-refractivity contribution is 7.15. The predicted octanol–water partition coefficient (Wildman–Crippen LogP) is 3.81. The van der Waals surface area contributed by atoms with Gasteiger partial charge in [-0.3, -0.25) is 0 Å². The fourth-order valence-corrected chi connectivity index (χ4v) is 3.80. The second-order valence-corrected chi connectivity index (χ2v) is 13.1. The number of ether oxygens (including phenoxy) is 1. The third-order valence-electron chi connectivity index (χ3n) is 4.54. The maximum Gasteiger partial charge on any atom is 0.192 e. The molecule has 0 atom stereocenters. The molecular weight excluding hydrogens is 300 g/mol. The number of aromatic nitrogens is 1. The number of aryl methyl sites for hydroxylation is 1. The topological polar surface area (TPSA) is 34.6 Å². The van der Waals surface area contributed by atoms with E-state index in [4.69, 9.17) is 14.1 Å². The molecule has 21 heavy (non-hydrogen) atoms. The van der Waals surface area contributed by atoms with Crippen molar-refractivity contribution < 1.29 is 9.16 Å². The minimum atomic E-state index is -1.71. The maximum absolute atomic E-state index is 6.30. The Labute approximate surface area is 133 Å². The van der Waals surface area contributed by atoms with E-state index in [1.54, 1.807) is 11.3 Å². The van der Waals surface area contributed by atoms with Crippen LogP contribution in [0.3, 0.4) is 0 Å². The van der Waals surface area contributed by atoms with Gasteiger partial charge in [-0.15, -0.1) is 11.3 Å². The molecule has 0 aromatic carbocycles. The molecule has 0 spiro atoms. The molecule has 1 aromatic rings. The molecule has 1 aliphatic rings. The van der Waals surface area contributed by atoms with E-state index in [2.05, 4.69) is 45.7 Å². The van der Waals surface area contributed by atoms with Gasteiger partial charge in [0, 0.05) is 18.0 Å². The molecule has 1 aromatic heterocycles. The molecule has 0 amide bonds. The quantitative estimate of drug-likeness (QED) is 0.787. The summed E-state index contributed by atoms with van der Waals surface area (Å²) in [7, 11) is -1.71. The number of thiazole rings is 1. The van der Waals surface area contributed by atoms with Crippen LogP contribution in [0.25, 0.3) is 0 Å². The highest BCUT2D eigenvalue weighted by atomic mass is 32.1. The minimum absolute atomic E-state index is 0.240. The molecular formula is C15H28N2O2SSi. The average molecular weight is 329 g/mol. The molecule has 1 aliphatic heterocycles. The van der Waals surface area contributed by atoms with E-state index >= 15 is 0 Å². The SMILES string of the molecule is Cc1sc(N2CCOCC2)nc1CO[Si](C)(C)C(C)(C)C. The van der Waals surface area contributed by atoms with Crippen LogP contribution in [0, 0.1) is 6.92 Å². The van der Waals surface area contributed by atoms with Gasteiger partial charge in [0.15, 0.2) is 13.4 Å². The number of hydrogen-bond donors (Lipinski definition) is 0. The van der Waals surface area contributed by atoms with Crippen molar-refractivity contribution in [3.63, 3.8) is 0 Å². The largest absolute Gasteiger partial charge is 0.411 e. The molecule has 1 fully saturated rings. The van der Waals surface area contributed by atoms with Gasteiger partial charge in [-0.05, 0) is 25.1 Å². The Morgan fingerprint density at radius 1 is 1.29 bits per heavy atom. The van der Waals surface area contributed by atoms with E-state index in [-0.39, 0.29) is 5.04 Å². The van der Waals surface area contributed by atoms with Gasteiger partial charge in [0.05, 0.1) is 25.5 Å². The average Bonchev–Trinajstić information content (AvgIpc) is 2.78. The standard InChI is InChI=1S/C15H28N2O2SSi/c1-12-13(11-19-21(5,6)15(2,3)4)16-14(20-12)17-7-9-18-10-8-17/h7-11H2,1-6H3. The van der Waals surface area contributed by atoms with Crippen LogP contribution in [0.4, 0.5) is 5.13 Å². The van der Waals surface area contributed by atoms with E-state index in [0.717, 1.165) is 37.1 Å². The number of morpholine rings is 1. The minimum Gasteiger partial charge on any atom is -0.411 e. The Morgan fingerprint density at radius 2 is 1.90 bits per heavy atom. The summed E-state index contributed by atoms with van der Waals surface area (Å²) < 4.78 is 11.7. The summed E-state index contributed by atoms with van der Waals surface area (Å²) >= 11 is 1.77. The van der Waals surface area contributed by atoms with Gasteiger partial charge in [0.25, 0.3) is 0 Å². The summed E-state index contributed by atoms with van der Waals surface area (Å²) in [5.41, 5.74) is 1.10. The third-order valence-corrected chi connectivity index (χ3v) is 10.1. The molecule has 4 nitrogen and oxygen atoms in total. The van der Waals surface area contributed by atoms with E-state index in [0.29, 0.717) is 6.61 Å². The summed E-state index contributed by atoms with van der Waals surface area (Å²) in [6, 6.07) is 0. The molecule has 6 heteroatoms. The van der Waals surface area contributed by atoms with Crippen molar-refractivity contribution in [2.24, 2.45) is 0 Å². The maximum atomic E-state index is 6.30. The van der Waals surface area contributed by atoms with Crippen LogP contribution in [0.15, 0.2) is 0 Å². The molecule has 1 saturated heterocycles. The lowest BCUT2D eigenvalue weighted by molar-refractivity contribution is 0.122. The summed E-state index contributed by atoms with van der Waals surface area (Å²) in [4.78, 5) is 8.39. The van der Waals surface area contributed by atoms with Gasteiger partial charge in [0.2, 0.25) is 0 Å². The van der Waals surface area contributed by atoms with Gasteiger partial charge in [-0.25, -0.2) is 4.98 Å². The van der Waals surface area contributed by atoms with Crippen LogP contribution in [0.2, 0.25) is 18.1 Å². The Kier molecular flexibility index (Phi) is 5.13. The Hall–Kier alpha value is -0.433. The second kappa shape index (κ2) is 6.36. The summed E-state index contributed by atoms with van der Waals surface area (Å²) in [5.74, 6) is 0. The number of nitrogens with zero attached hydrogens (tertiary/aromatic N) is 2. The zero-order valence-corrected chi connectivity index (χ0v) is 16.0. The molecule has 0 N–H and O–H groups in total. The summed E-state index contributed by atoms with van der Waals surface area (Å²) in [5, 5.41) is 1.36. The number of rotatable bonds is 4. The highest BCUT2D eigenvalue weighted by Crippen LogP contribution is 2.37. The van der Waals surface area contributed by atoms with Crippen LogP contribution in [0.1, 0.15) is 31.3 Å². The molecule has 0 aliphatic carbocycles. The zero-order valence-electron chi connectivity index (χ0n) is 14.2. The van der Waals surface area contributed by atoms with Crippen LogP contribution in [0.5, 0.6) is 0 Å². The van der Waals surface area contributed by atoms with Crippen molar-refractivity contribution >= 4 is 24.8 Å². The predicted molar refractivity (Wildman–Crippen MR) is 91.9 cm³/mol. The first-order chi connectivity index (χ1) is 9.71. The fourth-order valence-electron chi connectivity index (χ4n) is 1.90. The normalized spacial score (nSPS) is 17.3. The van der Waals surface area contributed by atoms with E-state index in [9.17, 15) is 0 Å². The van der Waals surface area contributed by atoms with Gasteiger partial charge >= 0.3 is 0 Å². The van der Waals surface area contributed by atoms with Crippen molar-refractivity contribution in [3.05, 3.63) is 10.6 Å². The molecule has 2 heterocycles. The highest BCUT2D eigenvalue weighted by Gasteiger charge is 2.37. The lowest BCUT2D eigenvalue weighted by Crippen LogP contribution is -2.40. The summed E-state index contributed by atoms with van der Waals surface area (Å²) in [6.07, 6.45) is 0. The third kappa shape index (κ3) is 4.06. The van der Waals surface area contributed by atoms with Crippen molar-refractivity contribution in [1.82, 2.24) is 4.98 Å². The lowest BCUT2D eigenvalue weighted by Gasteiger charge is -2.36. The van der Waals surface area contributed by atoms with Gasteiger partial charge in [-0.1, -0.05) is 20.8 Å². The van der Waals surface area contributed by atoms with Crippen molar-refractivity contribution in [1.29, 1.82) is 0 Å². The van der Waals surface area contributed by atoms with Crippen LogP contribution >= 0.6 is 11.3 Å². The Balaban J connectivity index is 2.03. The van der Waals surface area contributed by atoms with E-state index in [1.807, 2.05) is 0 Å². The molecule has 0 unspecified atom stereocenters. The van der Waals surface area contributed by atoms with Gasteiger partial charge < -0.3 is 14.1 Å². The smallest absolute Gasteiger partial charge is 0.192 e. The Bertz CT molecular complexity index is 477. The zero-order chi connectivity index (χ0) is 15.7. The first-order valence-corrected chi connectivity index (χ1v) is 11.4. The van der Waals surface area contributed by atoms with Crippen LogP contribution < -0.4 is 4.90 Å². The summed E-state index contributed by atoms with van der Waals surface area (Å²) in [6.45, 7) is 17.7.